The number of piperidine rings is 1. The van der Waals surface area contributed by atoms with Crippen LogP contribution in [0.15, 0.2) is 18.2 Å². The predicted octanol–water partition coefficient (Wildman–Crippen LogP) is 1.41. The lowest BCUT2D eigenvalue weighted by Gasteiger charge is -2.37. The van der Waals surface area contributed by atoms with Gasteiger partial charge in [-0.05, 0) is 50.3 Å². The van der Waals surface area contributed by atoms with E-state index < -0.39 is 0 Å². The molecule has 2 heterocycles. The Balaban J connectivity index is 1.90. The number of fused-ring (bicyclic) bond motifs is 2. The lowest BCUT2D eigenvalue weighted by molar-refractivity contribution is 0.0287. The van der Waals surface area contributed by atoms with Crippen LogP contribution in [0.25, 0.3) is 0 Å². The molecule has 2 saturated heterocycles. The highest BCUT2D eigenvalue weighted by atomic mass is 16.3. The number of hydrogen-bond donors (Lipinski definition) is 3. The first-order valence-corrected chi connectivity index (χ1v) is 7.18. The van der Waals surface area contributed by atoms with Gasteiger partial charge in [-0.1, -0.05) is 6.07 Å². The number of carbonyl (C=O) groups is 1. The van der Waals surface area contributed by atoms with Gasteiger partial charge in [0.15, 0.2) is 0 Å². The first kappa shape index (κ1) is 13.4. The summed E-state index contributed by atoms with van der Waals surface area (Å²) in [6, 6.07) is 5.98. The number of hydrogen-bond acceptors (Lipinski definition) is 4. The summed E-state index contributed by atoms with van der Waals surface area (Å²) in [6.07, 6.45) is 3.11. The molecule has 5 heteroatoms. The van der Waals surface area contributed by atoms with E-state index in [0.29, 0.717) is 24.1 Å². The number of aliphatic hydroxyl groups is 1. The van der Waals surface area contributed by atoms with Gasteiger partial charge in [0.25, 0.3) is 5.91 Å². The van der Waals surface area contributed by atoms with Gasteiger partial charge in [0.1, 0.15) is 0 Å². The lowest BCUT2D eigenvalue weighted by atomic mass is 9.98. The molecule has 1 aromatic rings. The topological polar surface area (TPSA) is 78.6 Å². The van der Waals surface area contributed by atoms with Gasteiger partial charge in [-0.3, -0.25) is 10.6 Å². The Labute approximate surface area is 118 Å². The molecule has 0 aromatic heterocycles. The Morgan fingerprint density at radius 3 is 2.60 bits per heavy atom. The van der Waals surface area contributed by atoms with E-state index in [2.05, 4.69) is 5.43 Å². The highest BCUT2D eigenvalue weighted by Crippen LogP contribution is 2.37. The van der Waals surface area contributed by atoms with Crippen LogP contribution in [0, 0.1) is 6.92 Å². The zero-order valence-electron chi connectivity index (χ0n) is 11.7. The van der Waals surface area contributed by atoms with E-state index in [1.54, 1.807) is 0 Å². The molecule has 1 amide bonds. The second-order valence-corrected chi connectivity index (χ2v) is 5.92. The lowest BCUT2D eigenvalue weighted by Crippen LogP contribution is -2.48. The SMILES string of the molecule is Cc1ccc(C(=O)N2C3CCC2CC(O)C3)c(NN)c1. The first-order chi connectivity index (χ1) is 9.60. The van der Waals surface area contributed by atoms with Crippen molar-refractivity contribution in [2.24, 2.45) is 5.84 Å². The second-order valence-electron chi connectivity index (χ2n) is 5.92. The van der Waals surface area contributed by atoms with E-state index in [4.69, 9.17) is 5.84 Å². The van der Waals surface area contributed by atoms with E-state index in [-0.39, 0.29) is 24.1 Å². The summed E-state index contributed by atoms with van der Waals surface area (Å²) in [6.45, 7) is 1.97. The highest BCUT2D eigenvalue weighted by Gasteiger charge is 2.43. The fraction of sp³-hybridized carbons (Fsp3) is 0.533. The Morgan fingerprint density at radius 1 is 1.35 bits per heavy atom. The number of nitrogens with two attached hydrogens (primary N) is 1. The third-order valence-corrected chi connectivity index (χ3v) is 4.50. The first-order valence-electron chi connectivity index (χ1n) is 7.18. The zero-order chi connectivity index (χ0) is 14.3. The molecule has 2 bridgehead atoms. The number of aliphatic hydroxyl groups excluding tert-OH is 1. The van der Waals surface area contributed by atoms with E-state index in [1.807, 2.05) is 30.0 Å². The fourth-order valence-electron chi connectivity index (χ4n) is 3.58. The third kappa shape index (κ3) is 2.17. The summed E-state index contributed by atoms with van der Waals surface area (Å²) in [5.41, 5.74) is 4.96. The number of rotatable bonds is 2. The van der Waals surface area contributed by atoms with Crippen molar-refractivity contribution in [3.05, 3.63) is 29.3 Å². The number of nitrogens with zero attached hydrogens (tertiary/aromatic N) is 1. The molecule has 0 spiro atoms. The molecule has 2 aliphatic rings. The summed E-state index contributed by atoms with van der Waals surface area (Å²) < 4.78 is 0. The second kappa shape index (κ2) is 5.07. The van der Waals surface area contributed by atoms with Crippen LogP contribution >= 0.6 is 0 Å². The number of nitrogens with one attached hydrogen (secondary N) is 1. The van der Waals surface area contributed by atoms with Crippen molar-refractivity contribution in [1.29, 1.82) is 0 Å². The van der Waals surface area contributed by atoms with Crippen LogP contribution in [-0.2, 0) is 0 Å². The monoisotopic (exact) mass is 275 g/mol. The summed E-state index contributed by atoms with van der Waals surface area (Å²) in [4.78, 5) is 14.8. The standard InChI is InChI=1S/C15H21N3O2/c1-9-2-5-13(14(6-9)17-16)15(20)18-10-3-4-11(18)8-12(19)7-10/h2,5-6,10-12,17,19H,3-4,7-8,16H2,1H3. The summed E-state index contributed by atoms with van der Waals surface area (Å²) in [5.74, 6) is 5.56. The van der Waals surface area contributed by atoms with Gasteiger partial charge in [-0.25, -0.2) is 0 Å². The van der Waals surface area contributed by atoms with Crippen molar-refractivity contribution >= 4 is 11.6 Å². The maximum absolute atomic E-state index is 12.8. The molecule has 2 aliphatic heterocycles. The average molecular weight is 275 g/mol. The van der Waals surface area contributed by atoms with Gasteiger partial charge in [0.05, 0.1) is 17.4 Å². The van der Waals surface area contributed by atoms with Gasteiger partial charge in [0.2, 0.25) is 0 Å². The minimum Gasteiger partial charge on any atom is -0.393 e. The number of carbonyl (C=O) groups excluding carboxylic acids is 1. The van der Waals surface area contributed by atoms with E-state index in [0.717, 1.165) is 18.4 Å². The zero-order valence-corrected chi connectivity index (χ0v) is 11.7. The van der Waals surface area contributed by atoms with E-state index in [1.165, 1.54) is 0 Å². The Morgan fingerprint density at radius 2 is 2.00 bits per heavy atom. The van der Waals surface area contributed by atoms with Crippen LogP contribution in [-0.4, -0.2) is 34.1 Å². The quantitative estimate of drug-likeness (QED) is 0.563. The molecule has 20 heavy (non-hydrogen) atoms. The van der Waals surface area contributed by atoms with Gasteiger partial charge >= 0.3 is 0 Å². The Kier molecular flexibility index (Phi) is 3.40. The Hall–Kier alpha value is -1.59. The van der Waals surface area contributed by atoms with Crippen LogP contribution in [0.3, 0.4) is 0 Å². The summed E-state index contributed by atoms with van der Waals surface area (Å²) in [5, 5.41) is 9.83. The molecule has 108 valence electrons. The third-order valence-electron chi connectivity index (χ3n) is 4.50. The normalized spacial score (nSPS) is 28.6. The number of anilines is 1. The molecule has 3 rings (SSSR count). The molecule has 2 unspecified atom stereocenters. The smallest absolute Gasteiger partial charge is 0.256 e. The largest absolute Gasteiger partial charge is 0.393 e. The molecule has 2 fully saturated rings. The highest BCUT2D eigenvalue weighted by molar-refractivity contribution is 6.00. The van der Waals surface area contributed by atoms with Crippen LogP contribution in [0.2, 0.25) is 0 Å². The van der Waals surface area contributed by atoms with Crippen molar-refractivity contribution in [2.75, 3.05) is 5.43 Å². The fourth-order valence-corrected chi connectivity index (χ4v) is 3.58. The molecule has 4 N–H and O–H groups in total. The molecule has 1 aromatic carbocycles. The predicted molar refractivity (Wildman–Crippen MR) is 77.2 cm³/mol. The van der Waals surface area contributed by atoms with Gasteiger partial charge < -0.3 is 15.4 Å². The minimum atomic E-state index is -0.262. The van der Waals surface area contributed by atoms with Crippen LogP contribution in [0.1, 0.15) is 41.6 Å². The van der Waals surface area contributed by atoms with E-state index in [9.17, 15) is 9.90 Å². The summed E-state index contributed by atoms with van der Waals surface area (Å²) in [7, 11) is 0. The summed E-state index contributed by atoms with van der Waals surface area (Å²) >= 11 is 0. The minimum absolute atomic E-state index is 0.0253. The molecular formula is C15H21N3O2. The molecule has 5 nitrogen and oxygen atoms in total. The number of hydrazine groups is 1. The molecule has 0 aliphatic carbocycles. The molecular weight excluding hydrogens is 254 g/mol. The van der Waals surface area contributed by atoms with Crippen molar-refractivity contribution in [3.8, 4) is 0 Å². The number of aryl methyl sites for hydroxylation is 1. The van der Waals surface area contributed by atoms with Gasteiger partial charge in [-0.15, -0.1) is 0 Å². The van der Waals surface area contributed by atoms with Crippen molar-refractivity contribution in [1.82, 2.24) is 4.90 Å². The number of amides is 1. The maximum Gasteiger partial charge on any atom is 0.256 e. The van der Waals surface area contributed by atoms with Crippen LogP contribution in [0.5, 0.6) is 0 Å². The molecule has 0 saturated carbocycles. The molecule has 2 atom stereocenters. The van der Waals surface area contributed by atoms with Crippen LogP contribution < -0.4 is 11.3 Å². The number of benzene rings is 1. The van der Waals surface area contributed by atoms with Crippen molar-refractivity contribution in [2.45, 2.75) is 50.8 Å². The molecule has 0 radical (unpaired) electrons. The van der Waals surface area contributed by atoms with Gasteiger partial charge in [0, 0.05) is 12.1 Å². The number of nitrogen functional groups attached to an aromatic ring is 1. The van der Waals surface area contributed by atoms with Crippen molar-refractivity contribution in [3.63, 3.8) is 0 Å². The van der Waals surface area contributed by atoms with Crippen LogP contribution in [0.4, 0.5) is 5.69 Å². The van der Waals surface area contributed by atoms with E-state index >= 15 is 0 Å². The average Bonchev–Trinajstić information content (AvgIpc) is 2.70. The maximum atomic E-state index is 12.8. The Bertz CT molecular complexity index is 518. The van der Waals surface area contributed by atoms with Gasteiger partial charge in [-0.2, -0.15) is 0 Å². The van der Waals surface area contributed by atoms with Crippen molar-refractivity contribution < 1.29 is 9.90 Å².